The zero-order valence-corrected chi connectivity index (χ0v) is 9.05. The van der Waals surface area contributed by atoms with Crippen LogP contribution in [0.4, 0.5) is 5.69 Å². The summed E-state index contributed by atoms with van der Waals surface area (Å²) < 4.78 is 0. The van der Waals surface area contributed by atoms with E-state index in [4.69, 9.17) is 0 Å². The molecular weight excluding hydrogens is 174 g/mol. The van der Waals surface area contributed by atoms with Gasteiger partial charge in [0.2, 0.25) is 0 Å². The number of hydrogen-bond donors (Lipinski definition) is 1. The highest BCUT2D eigenvalue weighted by molar-refractivity contribution is 5.84. The molecule has 0 bridgehead atoms. The highest BCUT2D eigenvalue weighted by Gasteiger charge is 2.07. The first kappa shape index (κ1) is 9.06. The van der Waals surface area contributed by atoms with Crippen LogP contribution in [0.15, 0.2) is 12.1 Å². The van der Waals surface area contributed by atoms with E-state index < -0.39 is 0 Å². The van der Waals surface area contributed by atoms with Crippen LogP contribution >= 0.6 is 0 Å². The van der Waals surface area contributed by atoms with Gasteiger partial charge in [0.05, 0.1) is 11.0 Å². The van der Waals surface area contributed by atoms with E-state index >= 15 is 0 Å². The Kier molecular flexibility index (Phi) is 1.95. The SMILES string of the molecule is Cc1nc2ccc(N(C)C)c(C)c2[nH]1. The van der Waals surface area contributed by atoms with Crippen LogP contribution in [-0.2, 0) is 0 Å². The van der Waals surface area contributed by atoms with Crippen molar-refractivity contribution >= 4 is 16.7 Å². The van der Waals surface area contributed by atoms with Gasteiger partial charge in [0, 0.05) is 19.8 Å². The Balaban J connectivity index is 2.74. The molecule has 0 fully saturated rings. The van der Waals surface area contributed by atoms with Crippen LogP contribution in [0.5, 0.6) is 0 Å². The number of aryl methyl sites for hydroxylation is 2. The predicted molar refractivity (Wildman–Crippen MR) is 59.9 cm³/mol. The van der Waals surface area contributed by atoms with Crippen molar-refractivity contribution in [1.29, 1.82) is 0 Å². The molecule has 0 spiro atoms. The van der Waals surface area contributed by atoms with Crippen molar-refractivity contribution in [1.82, 2.24) is 9.97 Å². The van der Waals surface area contributed by atoms with E-state index in [2.05, 4.69) is 48.0 Å². The third kappa shape index (κ3) is 1.25. The second kappa shape index (κ2) is 3.01. The lowest BCUT2D eigenvalue weighted by Gasteiger charge is -2.15. The summed E-state index contributed by atoms with van der Waals surface area (Å²) in [4.78, 5) is 9.80. The standard InChI is InChI=1S/C11H15N3/c1-7-10(14(3)4)6-5-9-11(7)13-8(2)12-9/h5-6H,1-4H3,(H,12,13). The maximum atomic E-state index is 4.40. The van der Waals surface area contributed by atoms with E-state index in [0.29, 0.717) is 0 Å². The molecule has 1 aromatic carbocycles. The summed E-state index contributed by atoms with van der Waals surface area (Å²) in [6.07, 6.45) is 0. The fraction of sp³-hybridized carbons (Fsp3) is 0.364. The number of aromatic nitrogens is 2. The summed E-state index contributed by atoms with van der Waals surface area (Å²) in [7, 11) is 4.11. The van der Waals surface area contributed by atoms with Gasteiger partial charge in [0.1, 0.15) is 5.82 Å². The maximum absolute atomic E-state index is 4.40. The van der Waals surface area contributed by atoms with Crippen molar-refractivity contribution in [3.05, 3.63) is 23.5 Å². The molecule has 0 amide bonds. The Labute approximate surface area is 83.8 Å². The van der Waals surface area contributed by atoms with Gasteiger partial charge in [0.25, 0.3) is 0 Å². The molecule has 1 N–H and O–H groups in total. The quantitative estimate of drug-likeness (QED) is 0.746. The summed E-state index contributed by atoms with van der Waals surface area (Å²) in [6.45, 7) is 4.10. The van der Waals surface area contributed by atoms with Gasteiger partial charge in [-0.15, -0.1) is 0 Å². The second-order valence-corrected chi connectivity index (χ2v) is 3.82. The van der Waals surface area contributed by atoms with Crippen LogP contribution in [-0.4, -0.2) is 24.1 Å². The number of nitrogens with one attached hydrogen (secondary N) is 1. The number of rotatable bonds is 1. The van der Waals surface area contributed by atoms with E-state index in [0.717, 1.165) is 16.9 Å². The minimum atomic E-state index is 0.971. The van der Waals surface area contributed by atoms with E-state index in [1.165, 1.54) is 11.3 Å². The molecule has 0 aliphatic rings. The van der Waals surface area contributed by atoms with Crippen molar-refractivity contribution in [2.75, 3.05) is 19.0 Å². The molecule has 3 nitrogen and oxygen atoms in total. The van der Waals surface area contributed by atoms with Crippen LogP contribution in [0.25, 0.3) is 11.0 Å². The van der Waals surface area contributed by atoms with Crippen molar-refractivity contribution in [3.63, 3.8) is 0 Å². The normalized spacial score (nSPS) is 10.9. The lowest BCUT2D eigenvalue weighted by atomic mass is 10.1. The third-order valence-electron chi connectivity index (χ3n) is 2.49. The Morgan fingerprint density at radius 3 is 2.57 bits per heavy atom. The van der Waals surface area contributed by atoms with Gasteiger partial charge in [-0.2, -0.15) is 0 Å². The Morgan fingerprint density at radius 2 is 1.93 bits per heavy atom. The van der Waals surface area contributed by atoms with Gasteiger partial charge in [-0.3, -0.25) is 0 Å². The highest BCUT2D eigenvalue weighted by Crippen LogP contribution is 2.25. The van der Waals surface area contributed by atoms with Crippen LogP contribution < -0.4 is 4.90 Å². The predicted octanol–water partition coefficient (Wildman–Crippen LogP) is 2.25. The van der Waals surface area contributed by atoms with Crippen LogP contribution in [0, 0.1) is 13.8 Å². The fourth-order valence-electron chi connectivity index (χ4n) is 1.81. The molecule has 14 heavy (non-hydrogen) atoms. The lowest BCUT2D eigenvalue weighted by molar-refractivity contribution is 1.12. The van der Waals surface area contributed by atoms with Crippen molar-refractivity contribution in [2.24, 2.45) is 0 Å². The third-order valence-corrected chi connectivity index (χ3v) is 2.49. The minimum absolute atomic E-state index is 0.971. The summed E-state index contributed by atoms with van der Waals surface area (Å²) in [5, 5.41) is 0. The van der Waals surface area contributed by atoms with Crippen LogP contribution in [0.3, 0.4) is 0 Å². The summed E-state index contributed by atoms with van der Waals surface area (Å²) in [5.41, 5.74) is 4.69. The first-order chi connectivity index (χ1) is 6.59. The number of imidazole rings is 1. The van der Waals surface area contributed by atoms with E-state index in [9.17, 15) is 0 Å². The zero-order chi connectivity index (χ0) is 10.3. The second-order valence-electron chi connectivity index (χ2n) is 3.82. The van der Waals surface area contributed by atoms with Gasteiger partial charge in [-0.1, -0.05) is 0 Å². The summed E-state index contributed by atoms with van der Waals surface area (Å²) in [5.74, 6) is 0.971. The average molecular weight is 189 g/mol. The Bertz CT molecular complexity index is 469. The molecule has 0 radical (unpaired) electrons. The molecular formula is C11H15N3. The molecule has 0 saturated carbocycles. The molecule has 0 aliphatic heterocycles. The number of benzene rings is 1. The summed E-state index contributed by atoms with van der Waals surface area (Å²) >= 11 is 0. The first-order valence-corrected chi connectivity index (χ1v) is 4.73. The van der Waals surface area contributed by atoms with Gasteiger partial charge in [-0.25, -0.2) is 4.98 Å². The Hall–Kier alpha value is -1.51. The molecule has 0 saturated heterocycles. The van der Waals surface area contributed by atoms with Gasteiger partial charge < -0.3 is 9.88 Å². The Morgan fingerprint density at radius 1 is 1.21 bits per heavy atom. The largest absolute Gasteiger partial charge is 0.377 e. The molecule has 0 aliphatic carbocycles. The number of H-pyrrole nitrogens is 1. The van der Waals surface area contributed by atoms with Gasteiger partial charge >= 0.3 is 0 Å². The lowest BCUT2D eigenvalue weighted by Crippen LogP contribution is -2.10. The minimum Gasteiger partial charge on any atom is -0.377 e. The van der Waals surface area contributed by atoms with Crippen molar-refractivity contribution < 1.29 is 0 Å². The number of nitrogens with zero attached hydrogens (tertiary/aromatic N) is 2. The molecule has 1 heterocycles. The van der Waals surface area contributed by atoms with Crippen LogP contribution in [0.2, 0.25) is 0 Å². The first-order valence-electron chi connectivity index (χ1n) is 4.73. The molecule has 2 aromatic rings. The number of fused-ring (bicyclic) bond motifs is 1. The smallest absolute Gasteiger partial charge is 0.104 e. The number of anilines is 1. The topological polar surface area (TPSA) is 31.9 Å². The van der Waals surface area contributed by atoms with Crippen LogP contribution in [0.1, 0.15) is 11.4 Å². The molecule has 0 atom stereocenters. The maximum Gasteiger partial charge on any atom is 0.104 e. The monoisotopic (exact) mass is 189 g/mol. The van der Waals surface area contributed by atoms with E-state index in [1.54, 1.807) is 0 Å². The zero-order valence-electron chi connectivity index (χ0n) is 9.05. The molecule has 74 valence electrons. The van der Waals surface area contributed by atoms with E-state index in [-0.39, 0.29) is 0 Å². The number of aromatic amines is 1. The molecule has 1 aromatic heterocycles. The average Bonchev–Trinajstić information content (AvgIpc) is 2.46. The molecule has 3 heteroatoms. The summed E-state index contributed by atoms with van der Waals surface area (Å²) in [6, 6.07) is 4.17. The van der Waals surface area contributed by atoms with Crippen molar-refractivity contribution in [3.8, 4) is 0 Å². The number of hydrogen-bond acceptors (Lipinski definition) is 2. The molecule has 0 unspecified atom stereocenters. The fourth-order valence-corrected chi connectivity index (χ4v) is 1.81. The van der Waals surface area contributed by atoms with Gasteiger partial charge in [-0.05, 0) is 31.5 Å². The van der Waals surface area contributed by atoms with E-state index in [1.807, 2.05) is 6.92 Å². The highest BCUT2D eigenvalue weighted by atomic mass is 15.1. The van der Waals surface area contributed by atoms with Crippen molar-refractivity contribution in [2.45, 2.75) is 13.8 Å². The van der Waals surface area contributed by atoms with Gasteiger partial charge in [0.15, 0.2) is 0 Å². The molecule has 2 rings (SSSR count).